The first-order chi connectivity index (χ1) is 19.9. The number of hydrogen-bond acceptors (Lipinski definition) is 9. The first kappa shape index (κ1) is 30.4. The number of anilines is 3. The van der Waals surface area contributed by atoms with Crippen LogP contribution in [0.15, 0.2) is 27.2 Å². The first-order valence-corrected chi connectivity index (χ1v) is 13.6. The highest BCUT2D eigenvalue weighted by atomic mass is 16.5. The normalized spacial score (nSPS) is 17.4. The third-order valence-corrected chi connectivity index (χ3v) is 7.28. The second kappa shape index (κ2) is 12.5. The van der Waals surface area contributed by atoms with Crippen LogP contribution in [0.25, 0.3) is 0 Å². The number of aliphatic hydroxyl groups is 1. The number of nitrogens with one attached hydrogen (secondary N) is 3. The van der Waals surface area contributed by atoms with Crippen molar-refractivity contribution in [3.63, 3.8) is 0 Å². The number of ether oxygens (including phenoxy) is 1. The number of aliphatic hydroxyl groups excluding tert-OH is 1. The Hall–Kier alpha value is -4.59. The van der Waals surface area contributed by atoms with Gasteiger partial charge in [0.1, 0.15) is 28.9 Å². The number of likely N-dealkylation sites (N-methyl/N-ethyl adjacent to an activating group) is 1. The van der Waals surface area contributed by atoms with Gasteiger partial charge in [-0.05, 0) is 46.8 Å². The van der Waals surface area contributed by atoms with Gasteiger partial charge in [0.2, 0.25) is 0 Å². The fourth-order valence-electron chi connectivity index (χ4n) is 4.70. The van der Waals surface area contributed by atoms with Gasteiger partial charge in [-0.1, -0.05) is 23.3 Å². The van der Waals surface area contributed by atoms with Crippen molar-refractivity contribution >= 4 is 35.0 Å². The number of rotatable bonds is 7. The number of urea groups is 2. The number of hydrogen-bond donors (Lipinski definition) is 4. The topological polar surface area (TPSA) is 175 Å². The molecule has 3 heterocycles. The molecule has 3 aromatic rings. The van der Waals surface area contributed by atoms with Gasteiger partial charge in [-0.3, -0.25) is 4.79 Å². The van der Waals surface area contributed by atoms with E-state index in [9.17, 15) is 19.5 Å². The zero-order valence-corrected chi connectivity index (χ0v) is 24.8. The monoisotopic (exact) mass is 583 g/mol. The third kappa shape index (κ3) is 6.33. The highest BCUT2D eigenvalue weighted by Gasteiger charge is 2.35. The molecule has 0 fully saturated rings. The summed E-state index contributed by atoms with van der Waals surface area (Å²) in [6.07, 6.45) is -0.598. The van der Waals surface area contributed by atoms with Crippen molar-refractivity contribution in [3.05, 3.63) is 46.7 Å². The van der Waals surface area contributed by atoms with Crippen LogP contribution in [-0.2, 0) is 0 Å². The maximum atomic E-state index is 13.7. The van der Waals surface area contributed by atoms with Crippen molar-refractivity contribution in [1.29, 1.82) is 0 Å². The Kier molecular flexibility index (Phi) is 9.05. The molecule has 4 rings (SSSR count). The molecule has 0 radical (unpaired) electrons. The molecule has 0 unspecified atom stereocenters. The summed E-state index contributed by atoms with van der Waals surface area (Å²) in [5.41, 5.74) is 2.46. The van der Waals surface area contributed by atoms with Gasteiger partial charge in [-0.15, -0.1) is 0 Å². The van der Waals surface area contributed by atoms with Gasteiger partial charge in [0.15, 0.2) is 17.3 Å². The molecule has 1 aliphatic heterocycles. The van der Waals surface area contributed by atoms with E-state index in [0.29, 0.717) is 34.3 Å². The molecule has 14 nitrogen and oxygen atoms in total. The molecule has 1 aliphatic rings. The maximum absolute atomic E-state index is 13.7. The summed E-state index contributed by atoms with van der Waals surface area (Å²) in [6.45, 7) is 10.6. The third-order valence-electron chi connectivity index (χ3n) is 7.28. The Bertz CT molecular complexity index is 1430. The van der Waals surface area contributed by atoms with Crippen LogP contribution in [0.3, 0.4) is 0 Å². The predicted molar refractivity (Wildman–Crippen MR) is 154 cm³/mol. The molecule has 3 atom stereocenters. The lowest BCUT2D eigenvalue weighted by atomic mass is 9.99. The molecular formula is C28H37N7O7. The molecule has 5 amide bonds. The van der Waals surface area contributed by atoms with Crippen molar-refractivity contribution in [1.82, 2.24) is 20.1 Å². The number of fused-ring (bicyclic) bond motifs is 1. The first-order valence-electron chi connectivity index (χ1n) is 13.6. The molecule has 0 saturated heterocycles. The van der Waals surface area contributed by atoms with Crippen molar-refractivity contribution in [3.8, 4) is 5.75 Å². The van der Waals surface area contributed by atoms with Crippen molar-refractivity contribution in [2.45, 2.75) is 53.7 Å². The Balaban J connectivity index is 1.64. The van der Waals surface area contributed by atoms with Gasteiger partial charge in [-0.2, -0.15) is 0 Å². The highest BCUT2D eigenvalue weighted by molar-refractivity contribution is 6.04. The SMILES string of the molecule is Cc1noc(C)c1NC(=O)Nc1cccc2c1O[C@@H](CN(C)C(=O)Nc1c(C)noc1C)[C@@H](C)CN([C@H](C)CO)C2=O. The van der Waals surface area contributed by atoms with Gasteiger partial charge in [-0.25, -0.2) is 9.59 Å². The highest BCUT2D eigenvalue weighted by Crippen LogP contribution is 2.35. The zero-order chi connectivity index (χ0) is 30.7. The molecule has 1 aromatic carbocycles. The summed E-state index contributed by atoms with van der Waals surface area (Å²) in [5.74, 6) is 0.461. The Morgan fingerprint density at radius 2 is 1.69 bits per heavy atom. The molecule has 42 heavy (non-hydrogen) atoms. The summed E-state index contributed by atoms with van der Waals surface area (Å²) in [6, 6.07) is 3.40. The Labute approximate surface area is 243 Å². The van der Waals surface area contributed by atoms with Crippen molar-refractivity contribution in [2.24, 2.45) is 5.92 Å². The summed E-state index contributed by atoms with van der Waals surface area (Å²) >= 11 is 0. The van der Waals surface area contributed by atoms with Crippen molar-refractivity contribution in [2.75, 3.05) is 42.7 Å². The van der Waals surface area contributed by atoms with Gasteiger partial charge >= 0.3 is 12.1 Å². The number of aromatic nitrogens is 2. The van der Waals surface area contributed by atoms with Crippen LogP contribution in [0.2, 0.25) is 0 Å². The molecule has 0 spiro atoms. The van der Waals surface area contributed by atoms with Gasteiger partial charge in [0.05, 0.1) is 30.4 Å². The van der Waals surface area contributed by atoms with E-state index in [-0.39, 0.29) is 48.5 Å². The lowest BCUT2D eigenvalue weighted by molar-refractivity contribution is 0.0373. The molecule has 0 aliphatic carbocycles. The molecule has 0 saturated carbocycles. The molecule has 226 valence electrons. The summed E-state index contributed by atoms with van der Waals surface area (Å²) in [7, 11) is 1.63. The zero-order valence-electron chi connectivity index (χ0n) is 24.8. The average molecular weight is 584 g/mol. The van der Waals surface area contributed by atoms with Crippen molar-refractivity contribution < 1.29 is 33.3 Å². The predicted octanol–water partition coefficient (Wildman–Crippen LogP) is 3.92. The number of para-hydroxylation sites is 1. The number of aryl methyl sites for hydroxylation is 4. The number of carbonyl (C=O) groups is 3. The molecule has 4 N–H and O–H groups in total. The molecule has 2 aromatic heterocycles. The quantitative estimate of drug-likeness (QED) is 0.321. The van der Waals surface area contributed by atoms with Gasteiger partial charge in [0, 0.05) is 19.5 Å². The average Bonchev–Trinajstić information content (AvgIpc) is 3.44. The van der Waals surface area contributed by atoms with Crippen LogP contribution in [0.4, 0.5) is 26.7 Å². The van der Waals surface area contributed by atoms with E-state index in [4.69, 9.17) is 13.8 Å². The van der Waals surface area contributed by atoms with Crippen LogP contribution < -0.4 is 20.7 Å². The van der Waals surface area contributed by atoms with Gasteiger partial charge in [0.25, 0.3) is 5.91 Å². The van der Waals surface area contributed by atoms with Gasteiger partial charge < -0.3 is 44.6 Å². The van der Waals surface area contributed by atoms with Crippen LogP contribution in [-0.4, -0.2) is 82.1 Å². The number of carbonyl (C=O) groups excluding carboxylic acids is 3. The number of nitrogens with zero attached hydrogens (tertiary/aromatic N) is 4. The van der Waals surface area contributed by atoms with E-state index in [1.54, 1.807) is 64.8 Å². The largest absolute Gasteiger partial charge is 0.485 e. The Morgan fingerprint density at radius 1 is 1.07 bits per heavy atom. The Morgan fingerprint density at radius 3 is 2.26 bits per heavy atom. The minimum absolute atomic E-state index is 0.144. The molecule has 0 bridgehead atoms. The number of amides is 5. The van der Waals surface area contributed by atoms with Crippen LogP contribution in [0.5, 0.6) is 5.75 Å². The van der Waals surface area contributed by atoms with E-state index in [2.05, 4.69) is 26.3 Å². The molecular weight excluding hydrogens is 546 g/mol. The van der Waals surface area contributed by atoms with Crippen LogP contribution in [0.1, 0.15) is 47.1 Å². The lowest BCUT2D eigenvalue weighted by Gasteiger charge is -2.38. The minimum atomic E-state index is -0.598. The second-order valence-corrected chi connectivity index (χ2v) is 10.6. The fraction of sp³-hybridized carbons (Fsp3) is 0.464. The molecule has 14 heteroatoms. The second-order valence-electron chi connectivity index (χ2n) is 10.6. The maximum Gasteiger partial charge on any atom is 0.323 e. The summed E-state index contributed by atoms with van der Waals surface area (Å²) in [5, 5.41) is 25.9. The van der Waals surface area contributed by atoms with Crippen LogP contribution in [0, 0.1) is 33.6 Å². The lowest BCUT2D eigenvalue weighted by Crippen LogP contribution is -2.50. The van der Waals surface area contributed by atoms with E-state index in [1.807, 2.05) is 6.92 Å². The smallest absolute Gasteiger partial charge is 0.323 e. The summed E-state index contributed by atoms with van der Waals surface area (Å²) in [4.78, 5) is 42.8. The van der Waals surface area contributed by atoms with E-state index >= 15 is 0 Å². The van der Waals surface area contributed by atoms with E-state index in [0.717, 1.165) is 0 Å². The minimum Gasteiger partial charge on any atom is -0.485 e. The van der Waals surface area contributed by atoms with E-state index < -0.39 is 24.2 Å². The summed E-state index contributed by atoms with van der Waals surface area (Å²) < 4.78 is 16.7. The fourth-order valence-corrected chi connectivity index (χ4v) is 4.70. The standard InChI is InChI=1S/C28H37N7O7/c1-14-11-35(15(2)13-36)26(37)20-9-8-10-21(29-27(38)30-23-16(3)32-41-18(23)5)25(20)40-22(14)12-34(7)28(39)31-24-17(4)33-42-19(24)6/h8-10,14-15,22,36H,11-13H2,1-7H3,(H,31,39)(H2,29,30,38)/t14-,15+,22-/m0/s1. The van der Waals surface area contributed by atoms with Crippen LogP contribution >= 0.6 is 0 Å². The van der Waals surface area contributed by atoms with E-state index in [1.165, 1.54) is 4.90 Å². The number of benzene rings is 1.